The molecule has 0 heterocycles. The molecule has 0 aromatic rings. The van der Waals surface area contributed by atoms with Gasteiger partial charge in [-0.25, -0.2) is 0 Å². The second kappa shape index (κ2) is 7.39. The van der Waals surface area contributed by atoms with E-state index in [9.17, 15) is 9.59 Å². The second-order valence-electron chi connectivity index (χ2n) is 4.73. The fourth-order valence-corrected chi connectivity index (χ4v) is 1.16. The van der Waals surface area contributed by atoms with E-state index in [1.54, 1.807) is 7.05 Å². The number of Topliss-reactive ketones (excluding diaryl/α,β-unsaturated/α-hetero) is 1. The molecule has 4 nitrogen and oxygen atoms in total. The van der Waals surface area contributed by atoms with Gasteiger partial charge in [0.25, 0.3) is 0 Å². The number of amides is 1. The van der Waals surface area contributed by atoms with E-state index in [1.165, 1.54) is 4.90 Å². The van der Waals surface area contributed by atoms with Gasteiger partial charge in [0.1, 0.15) is 0 Å². The van der Waals surface area contributed by atoms with E-state index >= 15 is 0 Å². The minimum absolute atomic E-state index is 0.0101. The quantitative estimate of drug-likeness (QED) is 0.709. The Balaban J connectivity index is 3.86. The Morgan fingerprint density at radius 1 is 1.19 bits per heavy atom. The van der Waals surface area contributed by atoms with Gasteiger partial charge in [-0.05, 0) is 0 Å². The van der Waals surface area contributed by atoms with Gasteiger partial charge in [0.05, 0.1) is 6.54 Å². The van der Waals surface area contributed by atoms with Crippen LogP contribution >= 0.6 is 0 Å². The lowest BCUT2D eigenvalue weighted by atomic mass is 10.1. The molecule has 0 saturated heterocycles. The van der Waals surface area contributed by atoms with Gasteiger partial charge in [0.15, 0.2) is 5.78 Å². The van der Waals surface area contributed by atoms with Crippen molar-refractivity contribution in [3.8, 4) is 0 Å². The van der Waals surface area contributed by atoms with Crippen LogP contribution < -0.4 is 5.32 Å². The van der Waals surface area contributed by atoms with E-state index in [0.717, 1.165) is 0 Å². The molecule has 0 atom stereocenters. The molecule has 1 N–H and O–H groups in total. The summed E-state index contributed by atoms with van der Waals surface area (Å²) in [5.41, 5.74) is 0. The summed E-state index contributed by atoms with van der Waals surface area (Å²) in [4.78, 5) is 24.6. The van der Waals surface area contributed by atoms with Crippen molar-refractivity contribution in [3.63, 3.8) is 0 Å². The number of rotatable bonds is 7. The van der Waals surface area contributed by atoms with Crippen LogP contribution in [0, 0.1) is 5.92 Å². The van der Waals surface area contributed by atoms with Crippen LogP contribution in [0.2, 0.25) is 0 Å². The largest absolute Gasteiger partial charge is 0.338 e. The lowest BCUT2D eigenvalue weighted by molar-refractivity contribution is -0.134. The van der Waals surface area contributed by atoms with Gasteiger partial charge in [-0.1, -0.05) is 27.7 Å². The van der Waals surface area contributed by atoms with Crippen LogP contribution in [0.1, 0.15) is 34.1 Å². The Bertz CT molecular complexity index is 237. The molecule has 94 valence electrons. The molecule has 0 aliphatic heterocycles. The van der Waals surface area contributed by atoms with Crippen molar-refractivity contribution >= 4 is 11.7 Å². The number of carbonyl (C=O) groups excluding carboxylic acids is 2. The van der Waals surface area contributed by atoms with Crippen molar-refractivity contribution < 1.29 is 9.59 Å². The molecule has 0 spiro atoms. The Kier molecular flexibility index (Phi) is 6.97. The lowest BCUT2D eigenvalue weighted by Gasteiger charge is -2.18. The summed E-state index contributed by atoms with van der Waals surface area (Å²) in [6.45, 7) is 8.66. The van der Waals surface area contributed by atoms with Crippen LogP contribution in [0.5, 0.6) is 0 Å². The minimum atomic E-state index is -0.0101. The van der Waals surface area contributed by atoms with Gasteiger partial charge in [-0.15, -0.1) is 0 Å². The smallest absolute Gasteiger partial charge is 0.223 e. The fraction of sp³-hybridized carbons (Fsp3) is 0.833. The molecule has 0 unspecified atom stereocenters. The zero-order valence-electron chi connectivity index (χ0n) is 11.0. The van der Waals surface area contributed by atoms with Crippen LogP contribution in [0.25, 0.3) is 0 Å². The maximum atomic E-state index is 11.6. The minimum Gasteiger partial charge on any atom is -0.338 e. The average Bonchev–Trinajstić information content (AvgIpc) is 2.16. The molecule has 0 fully saturated rings. The maximum absolute atomic E-state index is 11.6. The first kappa shape index (κ1) is 15.1. The van der Waals surface area contributed by atoms with E-state index in [1.807, 2.05) is 27.7 Å². The van der Waals surface area contributed by atoms with E-state index < -0.39 is 0 Å². The molecule has 1 amide bonds. The maximum Gasteiger partial charge on any atom is 0.223 e. The summed E-state index contributed by atoms with van der Waals surface area (Å²) in [6, 6.07) is 0.385. The van der Waals surface area contributed by atoms with Crippen LogP contribution in [0.15, 0.2) is 0 Å². The summed E-state index contributed by atoms with van der Waals surface area (Å²) in [7, 11) is 1.68. The van der Waals surface area contributed by atoms with Crippen LogP contribution in [0.4, 0.5) is 0 Å². The van der Waals surface area contributed by atoms with Gasteiger partial charge in [-0.3, -0.25) is 9.59 Å². The number of nitrogens with zero attached hydrogens (tertiary/aromatic N) is 1. The molecule has 0 saturated carbocycles. The zero-order chi connectivity index (χ0) is 12.7. The molecule has 0 bridgehead atoms. The molecule has 0 aliphatic carbocycles. The van der Waals surface area contributed by atoms with Crippen molar-refractivity contribution in [1.29, 1.82) is 0 Å². The van der Waals surface area contributed by atoms with Crippen molar-refractivity contribution in [2.24, 2.45) is 5.92 Å². The number of hydrogen-bond donors (Lipinski definition) is 1. The predicted octanol–water partition coefficient (Wildman–Crippen LogP) is 1.06. The van der Waals surface area contributed by atoms with Crippen molar-refractivity contribution in [1.82, 2.24) is 10.2 Å². The first-order valence-corrected chi connectivity index (χ1v) is 5.84. The average molecular weight is 228 g/mol. The highest BCUT2D eigenvalue weighted by Crippen LogP contribution is 1.98. The number of likely N-dealkylation sites (N-methyl/N-ethyl adjacent to an activating group) is 1. The SMILES string of the molecule is CC(C)NCCC(=O)N(C)CC(=O)C(C)C. The van der Waals surface area contributed by atoms with Crippen molar-refractivity contribution in [2.45, 2.75) is 40.2 Å². The summed E-state index contributed by atoms with van der Waals surface area (Å²) in [5, 5.41) is 3.17. The lowest BCUT2D eigenvalue weighted by Crippen LogP contribution is -2.36. The fourth-order valence-electron chi connectivity index (χ4n) is 1.16. The van der Waals surface area contributed by atoms with Gasteiger partial charge in [0.2, 0.25) is 5.91 Å². The number of ketones is 1. The Morgan fingerprint density at radius 2 is 1.75 bits per heavy atom. The third-order valence-electron chi connectivity index (χ3n) is 2.35. The molecule has 16 heavy (non-hydrogen) atoms. The summed E-state index contributed by atoms with van der Waals surface area (Å²) >= 11 is 0. The highest BCUT2D eigenvalue weighted by Gasteiger charge is 2.14. The standard InChI is InChI=1S/C12H24N2O2/c1-9(2)11(15)8-14(5)12(16)6-7-13-10(3)4/h9-10,13H,6-8H2,1-5H3. The molecular formula is C12H24N2O2. The van der Waals surface area contributed by atoms with Gasteiger partial charge >= 0.3 is 0 Å². The van der Waals surface area contributed by atoms with Crippen LogP contribution in [-0.2, 0) is 9.59 Å². The highest BCUT2D eigenvalue weighted by atomic mass is 16.2. The van der Waals surface area contributed by atoms with E-state index in [2.05, 4.69) is 5.32 Å². The Labute approximate surface area is 98.4 Å². The van der Waals surface area contributed by atoms with Gasteiger partial charge < -0.3 is 10.2 Å². The first-order chi connectivity index (χ1) is 7.34. The number of nitrogens with one attached hydrogen (secondary N) is 1. The monoisotopic (exact) mass is 228 g/mol. The number of carbonyl (C=O) groups is 2. The van der Waals surface area contributed by atoms with Crippen LogP contribution in [-0.4, -0.2) is 42.8 Å². The van der Waals surface area contributed by atoms with Gasteiger partial charge in [-0.2, -0.15) is 0 Å². The third kappa shape index (κ3) is 6.56. The Morgan fingerprint density at radius 3 is 2.19 bits per heavy atom. The summed E-state index contributed by atoms with van der Waals surface area (Å²) in [6.07, 6.45) is 0.444. The zero-order valence-corrected chi connectivity index (χ0v) is 11.0. The highest BCUT2D eigenvalue weighted by molar-refractivity contribution is 5.87. The molecular weight excluding hydrogens is 204 g/mol. The summed E-state index contributed by atoms with van der Waals surface area (Å²) < 4.78 is 0. The third-order valence-corrected chi connectivity index (χ3v) is 2.35. The summed E-state index contributed by atoms with van der Waals surface area (Å²) in [5.74, 6) is 0.110. The van der Waals surface area contributed by atoms with E-state index in [0.29, 0.717) is 19.0 Å². The Hall–Kier alpha value is -0.900. The first-order valence-electron chi connectivity index (χ1n) is 5.84. The normalized spacial score (nSPS) is 10.9. The van der Waals surface area contributed by atoms with Crippen molar-refractivity contribution in [2.75, 3.05) is 20.1 Å². The second-order valence-corrected chi connectivity index (χ2v) is 4.73. The van der Waals surface area contributed by atoms with Gasteiger partial charge in [0, 0.05) is 32.0 Å². The molecule has 0 rings (SSSR count). The topological polar surface area (TPSA) is 49.4 Å². The van der Waals surface area contributed by atoms with Crippen LogP contribution in [0.3, 0.4) is 0 Å². The van der Waals surface area contributed by atoms with Crippen molar-refractivity contribution in [3.05, 3.63) is 0 Å². The number of hydrogen-bond acceptors (Lipinski definition) is 3. The molecule has 0 aliphatic rings. The molecule has 4 heteroatoms. The predicted molar refractivity (Wildman–Crippen MR) is 65.2 cm³/mol. The molecule has 0 radical (unpaired) electrons. The molecule has 0 aromatic heterocycles. The van der Waals surface area contributed by atoms with E-state index in [-0.39, 0.29) is 24.2 Å². The van der Waals surface area contributed by atoms with E-state index in [4.69, 9.17) is 0 Å². The molecule has 0 aromatic carbocycles.